The Morgan fingerprint density at radius 1 is 1.15 bits per heavy atom. The predicted molar refractivity (Wildman–Crippen MR) is 98.9 cm³/mol. The molecule has 0 unspecified atom stereocenters. The smallest absolute Gasteiger partial charge is 0.253 e. The van der Waals surface area contributed by atoms with Crippen LogP contribution in [0.3, 0.4) is 0 Å². The average molecular weight is 368 g/mol. The maximum atomic E-state index is 13.8. The normalized spacial score (nSPS) is 10.7. The van der Waals surface area contributed by atoms with Crippen LogP contribution in [0.1, 0.15) is 32.9 Å². The Balaban J connectivity index is 1.62. The number of aryl methyl sites for hydroxylation is 2. The SMILES string of the molecule is Cc1noc(C)c1COc1ccc(C(=O)N(C)Cc2ccccc2F)cc1. The highest BCUT2D eigenvalue weighted by Crippen LogP contribution is 2.19. The lowest BCUT2D eigenvalue weighted by Crippen LogP contribution is -2.26. The molecule has 2 aromatic carbocycles. The van der Waals surface area contributed by atoms with Crippen molar-refractivity contribution in [2.45, 2.75) is 27.0 Å². The number of rotatable bonds is 6. The monoisotopic (exact) mass is 368 g/mol. The lowest BCUT2D eigenvalue weighted by molar-refractivity contribution is 0.0784. The van der Waals surface area contributed by atoms with Crippen molar-refractivity contribution in [3.8, 4) is 5.75 Å². The van der Waals surface area contributed by atoms with Gasteiger partial charge in [-0.2, -0.15) is 0 Å². The standard InChI is InChI=1S/C21H21FN2O3/c1-14-19(15(2)27-23-14)13-26-18-10-8-16(9-11-18)21(25)24(3)12-17-6-4-5-7-20(17)22/h4-11H,12-13H2,1-3H3. The molecule has 0 aliphatic rings. The first-order valence-corrected chi connectivity index (χ1v) is 8.59. The third-order valence-corrected chi connectivity index (χ3v) is 4.38. The van der Waals surface area contributed by atoms with Gasteiger partial charge in [0.05, 0.1) is 11.3 Å². The summed E-state index contributed by atoms with van der Waals surface area (Å²) in [5, 5.41) is 3.89. The van der Waals surface area contributed by atoms with Gasteiger partial charge in [0.2, 0.25) is 0 Å². The quantitative estimate of drug-likeness (QED) is 0.652. The van der Waals surface area contributed by atoms with Crippen LogP contribution < -0.4 is 4.74 Å². The summed E-state index contributed by atoms with van der Waals surface area (Å²) in [4.78, 5) is 14.0. The Hall–Kier alpha value is -3.15. The molecule has 5 nitrogen and oxygen atoms in total. The minimum atomic E-state index is -0.319. The average Bonchev–Trinajstić information content (AvgIpc) is 2.99. The Bertz CT molecular complexity index is 915. The molecule has 0 saturated carbocycles. The number of carbonyl (C=O) groups is 1. The second kappa shape index (κ2) is 8.03. The summed E-state index contributed by atoms with van der Waals surface area (Å²) in [6.07, 6.45) is 0. The number of carbonyl (C=O) groups excluding carboxylic acids is 1. The van der Waals surface area contributed by atoms with E-state index < -0.39 is 0 Å². The van der Waals surface area contributed by atoms with Gasteiger partial charge in [-0.25, -0.2) is 4.39 Å². The summed E-state index contributed by atoms with van der Waals surface area (Å²) in [7, 11) is 1.65. The van der Waals surface area contributed by atoms with Crippen molar-refractivity contribution < 1.29 is 18.4 Å². The summed E-state index contributed by atoms with van der Waals surface area (Å²) in [6.45, 7) is 4.26. The number of benzene rings is 2. The summed E-state index contributed by atoms with van der Waals surface area (Å²) < 4.78 is 24.6. The van der Waals surface area contributed by atoms with E-state index in [0.717, 1.165) is 17.0 Å². The van der Waals surface area contributed by atoms with Gasteiger partial charge in [0.1, 0.15) is 23.9 Å². The van der Waals surface area contributed by atoms with Gasteiger partial charge in [-0.1, -0.05) is 23.4 Å². The van der Waals surface area contributed by atoms with Gasteiger partial charge < -0.3 is 14.2 Å². The molecule has 1 amide bonds. The highest BCUT2D eigenvalue weighted by molar-refractivity contribution is 5.94. The van der Waals surface area contributed by atoms with Gasteiger partial charge in [-0.05, 0) is 44.2 Å². The fourth-order valence-corrected chi connectivity index (χ4v) is 2.73. The van der Waals surface area contributed by atoms with Crippen molar-refractivity contribution >= 4 is 5.91 Å². The fourth-order valence-electron chi connectivity index (χ4n) is 2.73. The van der Waals surface area contributed by atoms with Crippen LogP contribution in [-0.2, 0) is 13.2 Å². The van der Waals surface area contributed by atoms with E-state index in [2.05, 4.69) is 5.16 Å². The Labute approximate surface area is 157 Å². The first kappa shape index (κ1) is 18.6. The molecule has 0 aliphatic heterocycles. The van der Waals surface area contributed by atoms with E-state index in [1.165, 1.54) is 11.0 Å². The summed E-state index contributed by atoms with van der Waals surface area (Å²) in [5.74, 6) is 0.869. The topological polar surface area (TPSA) is 55.6 Å². The second-order valence-corrected chi connectivity index (χ2v) is 6.37. The van der Waals surface area contributed by atoms with Crippen molar-refractivity contribution in [2.75, 3.05) is 7.05 Å². The van der Waals surface area contributed by atoms with Crippen molar-refractivity contribution in [3.63, 3.8) is 0 Å². The zero-order valence-corrected chi connectivity index (χ0v) is 15.5. The van der Waals surface area contributed by atoms with Gasteiger partial charge in [-0.15, -0.1) is 0 Å². The molecule has 1 aromatic heterocycles. The van der Waals surface area contributed by atoms with E-state index in [1.54, 1.807) is 49.5 Å². The van der Waals surface area contributed by atoms with Crippen LogP contribution in [0.15, 0.2) is 53.1 Å². The van der Waals surface area contributed by atoms with E-state index in [9.17, 15) is 9.18 Å². The molecule has 140 valence electrons. The minimum Gasteiger partial charge on any atom is -0.489 e. The third-order valence-electron chi connectivity index (χ3n) is 4.38. The summed E-state index contributed by atoms with van der Waals surface area (Å²) >= 11 is 0. The molecule has 0 spiro atoms. The molecule has 0 aliphatic carbocycles. The highest BCUT2D eigenvalue weighted by atomic mass is 19.1. The van der Waals surface area contributed by atoms with Crippen molar-refractivity contribution in [1.29, 1.82) is 0 Å². The van der Waals surface area contributed by atoms with Gasteiger partial charge in [-0.3, -0.25) is 4.79 Å². The Morgan fingerprint density at radius 2 is 1.85 bits per heavy atom. The van der Waals surface area contributed by atoms with Crippen LogP contribution >= 0.6 is 0 Å². The Morgan fingerprint density at radius 3 is 2.48 bits per heavy atom. The number of hydrogen-bond acceptors (Lipinski definition) is 4. The number of aromatic nitrogens is 1. The van der Waals surface area contributed by atoms with E-state index in [1.807, 2.05) is 13.8 Å². The van der Waals surface area contributed by atoms with Crippen molar-refractivity contribution in [3.05, 3.63) is 82.5 Å². The third kappa shape index (κ3) is 4.34. The van der Waals surface area contributed by atoms with Crippen LogP contribution in [0, 0.1) is 19.7 Å². The number of nitrogens with zero attached hydrogens (tertiary/aromatic N) is 2. The number of halogens is 1. The van der Waals surface area contributed by atoms with Crippen LogP contribution in [0.4, 0.5) is 4.39 Å². The molecule has 1 heterocycles. The molecule has 0 bridgehead atoms. The number of amides is 1. The zero-order valence-electron chi connectivity index (χ0n) is 15.5. The number of hydrogen-bond donors (Lipinski definition) is 0. The molecule has 3 rings (SSSR count). The van der Waals surface area contributed by atoms with Crippen molar-refractivity contribution in [1.82, 2.24) is 10.1 Å². The summed E-state index contributed by atoms with van der Waals surface area (Å²) in [5.41, 5.74) is 2.71. The zero-order chi connectivity index (χ0) is 19.4. The lowest BCUT2D eigenvalue weighted by Gasteiger charge is -2.18. The lowest BCUT2D eigenvalue weighted by atomic mass is 10.1. The molecule has 3 aromatic rings. The van der Waals surface area contributed by atoms with Crippen LogP contribution in [0.2, 0.25) is 0 Å². The molecule has 6 heteroatoms. The van der Waals surface area contributed by atoms with E-state index >= 15 is 0 Å². The molecule has 27 heavy (non-hydrogen) atoms. The highest BCUT2D eigenvalue weighted by Gasteiger charge is 2.14. The van der Waals surface area contributed by atoms with E-state index in [0.29, 0.717) is 23.5 Å². The molecule has 0 N–H and O–H groups in total. The number of ether oxygens (including phenoxy) is 1. The molecular weight excluding hydrogens is 347 g/mol. The maximum Gasteiger partial charge on any atom is 0.253 e. The van der Waals surface area contributed by atoms with Crippen LogP contribution in [-0.4, -0.2) is 23.0 Å². The summed E-state index contributed by atoms with van der Waals surface area (Å²) in [6, 6.07) is 13.3. The van der Waals surface area contributed by atoms with Gasteiger partial charge in [0.25, 0.3) is 5.91 Å². The van der Waals surface area contributed by atoms with Gasteiger partial charge >= 0.3 is 0 Å². The minimum absolute atomic E-state index is 0.185. The van der Waals surface area contributed by atoms with Gasteiger partial charge in [0.15, 0.2) is 0 Å². The molecule has 0 atom stereocenters. The Kier molecular flexibility index (Phi) is 5.54. The first-order valence-electron chi connectivity index (χ1n) is 8.59. The van der Waals surface area contributed by atoms with Crippen LogP contribution in [0.5, 0.6) is 5.75 Å². The molecule has 0 radical (unpaired) electrons. The maximum absolute atomic E-state index is 13.8. The molecular formula is C21H21FN2O3. The van der Waals surface area contributed by atoms with Crippen LogP contribution in [0.25, 0.3) is 0 Å². The van der Waals surface area contributed by atoms with Gasteiger partial charge in [0, 0.05) is 24.7 Å². The second-order valence-electron chi connectivity index (χ2n) is 6.37. The molecule has 0 saturated heterocycles. The fraction of sp³-hybridized carbons (Fsp3) is 0.238. The van der Waals surface area contributed by atoms with Crippen molar-refractivity contribution in [2.24, 2.45) is 0 Å². The largest absolute Gasteiger partial charge is 0.489 e. The molecule has 0 fully saturated rings. The predicted octanol–water partition coefficient (Wildman–Crippen LogP) is 4.28. The first-order chi connectivity index (χ1) is 13.0. The van der Waals surface area contributed by atoms with E-state index in [-0.39, 0.29) is 18.3 Å². The van der Waals surface area contributed by atoms with E-state index in [4.69, 9.17) is 9.26 Å².